The van der Waals surface area contributed by atoms with E-state index in [2.05, 4.69) is 31.4 Å². The van der Waals surface area contributed by atoms with Gasteiger partial charge in [0.25, 0.3) is 15.9 Å². The summed E-state index contributed by atoms with van der Waals surface area (Å²) in [5.41, 5.74) is 3.50. The van der Waals surface area contributed by atoms with Crippen molar-refractivity contribution in [1.29, 1.82) is 0 Å². The molecule has 0 saturated carbocycles. The molecule has 4 aromatic carbocycles. The summed E-state index contributed by atoms with van der Waals surface area (Å²) in [6, 6.07) is 27.1. The number of benzene rings is 4. The van der Waals surface area contributed by atoms with E-state index in [1.807, 2.05) is 12.1 Å². The molecule has 2 N–H and O–H groups in total. The number of carbonyl (C=O) groups is 2. The predicted octanol–water partition coefficient (Wildman–Crippen LogP) is 6.39. The Morgan fingerprint density at radius 3 is 2.05 bits per heavy atom. The molecular formula is C33H35N3O5S. The topological polar surface area (TPSA) is 105 Å². The zero-order chi connectivity index (χ0) is 30.5. The van der Waals surface area contributed by atoms with Gasteiger partial charge in [0, 0.05) is 16.9 Å². The van der Waals surface area contributed by atoms with Gasteiger partial charge in [0.1, 0.15) is 12.3 Å². The number of aryl methyl sites for hydroxylation is 1. The molecule has 0 bridgehead atoms. The average Bonchev–Trinajstić information content (AvgIpc) is 2.96. The van der Waals surface area contributed by atoms with Crippen molar-refractivity contribution < 1.29 is 22.7 Å². The number of hydrogen-bond acceptors (Lipinski definition) is 5. The summed E-state index contributed by atoms with van der Waals surface area (Å²) in [5, 5.41) is 5.61. The van der Waals surface area contributed by atoms with E-state index in [0.717, 1.165) is 9.87 Å². The molecule has 0 aromatic heterocycles. The molecule has 0 radical (unpaired) electrons. The van der Waals surface area contributed by atoms with Gasteiger partial charge in [-0.15, -0.1) is 0 Å². The van der Waals surface area contributed by atoms with E-state index in [0.29, 0.717) is 33.9 Å². The van der Waals surface area contributed by atoms with Crippen LogP contribution in [-0.2, 0) is 20.2 Å². The van der Waals surface area contributed by atoms with Gasteiger partial charge >= 0.3 is 0 Å². The van der Waals surface area contributed by atoms with E-state index in [4.69, 9.17) is 4.74 Å². The molecule has 0 unspecified atom stereocenters. The van der Waals surface area contributed by atoms with E-state index >= 15 is 0 Å². The monoisotopic (exact) mass is 585 g/mol. The number of ether oxygens (including phenoxy) is 1. The van der Waals surface area contributed by atoms with Crippen LogP contribution in [0.15, 0.2) is 102 Å². The first-order valence-corrected chi connectivity index (χ1v) is 14.9. The summed E-state index contributed by atoms with van der Waals surface area (Å²) in [6.07, 6.45) is 0. The second kappa shape index (κ2) is 12.5. The van der Waals surface area contributed by atoms with Crippen molar-refractivity contribution in [2.75, 3.05) is 28.6 Å². The highest BCUT2D eigenvalue weighted by Crippen LogP contribution is 2.28. The minimum atomic E-state index is -4.10. The molecule has 2 amide bonds. The molecule has 0 heterocycles. The van der Waals surface area contributed by atoms with Gasteiger partial charge in [0.05, 0.1) is 17.7 Å². The maximum Gasteiger partial charge on any atom is 0.264 e. The van der Waals surface area contributed by atoms with Gasteiger partial charge in [-0.3, -0.25) is 13.9 Å². The molecule has 0 saturated heterocycles. The van der Waals surface area contributed by atoms with Crippen LogP contribution in [0.5, 0.6) is 5.75 Å². The lowest BCUT2D eigenvalue weighted by Gasteiger charge is -2.24. The fraction of sp³-hybridized carbons (Fsp3) is 0.212. The number of anilines is 3. The predicted molar refractivity (Wildman–Crippen MR) is 167 cm³/mol. The maximum absolute atomic E-state index is 13.7. The van der Waals surface area contributed by atoms with Gasteiger partial charge in [-0.25, -0.2) is 8.42 Å². The van der Waals surface area contributed by atoms with Crippen LogP contribution >= 0.6 is 0 Å². The van der Waals surface area contributed by atoms with Crippen molar-refractivity contribution in [1.82, 2.24) is 0 Å². The zero-order valence-corrected chi connectivity index (χ0v) is 25.2. The van der Waals surface area contributed by atoms with Crippen molar-refractivity contribution in [2.24, 2.45) is 0 Å². The molecular weight excluding hydrogens is 550 g/mol. The Kier molecular flexibility index (Phi) is 9.02. The average molecular weight is 586 g/mol. The van der Waals surface area contributed by atoms with E-state index in [-0.39, 0.29) is 16.2 Å². The first-order valence-electron chi connectivity index (χ1n) is 13.4. The molecule has 8 nitrogen and oxygen atoms in total. The normalized spacial score (nSPS) is 11.5. The van der Waals surface area contributed by atoms with Crippen LogP contribution < -0.4 is 19.7 Å². The van der Waals surface area contributed by atoms with Crippen molar-refractivity contribution in [2.45, 2.75) is 38.0 Å². The lowest BCUT2D eigenvalue weighted by Crippen LogP contribution is -2.38. The lowest BCUT2D eigenvalue weighted by atomic mass is 9.87. The third kappa shape index (κ3) is 7.16. The summed E-state index contributed by atoms with van der Waals surface area (Å²) in [5.74, 6) is -0.268. The number of rotatable bonds is 9. The van der Waals surface area contributed by atoms with Crippen molar-refractivity contribution in [3.05, 3.63) is 114 Å². The Bertz CT molecular complexity index is 1680. The van der Waals surface area contributed by atoms with Gasteiger partial charge in [-0.05, 0) is 84.1 Å². The zero-order valence-electron chi connectivity index (χ0n) is 24.3. The number of amides is 2. The summed E-state index contributed by atoms with van der Waals surface area (Å²) < 4.78 is 33.8. The highest BCUT2D eigenvalue weighted by atomic mass is 32.2. The van der Waals surface area contributed by atoms with Gasteiger partial charge < -0.3 is 15.4 Å². The first kappa shape index (κ1) is 30.3. The number of sulfonamides is 1. The van der Waals surface area contributed by atoms with Gasteiger partial charge in [0.15, 0.2) is 0 Å². The van der Waals surface area contributed by atoms with Crippen LogP contribution in [0.2, 0.25) is 0 Å². The van der Waals surface area contributed by atoms with E-state index in [1.165, 1.54) is 19.2 Å². The molecule has 0 aliphatic rings. The quantitative estimate of drug-likeness (QED) is 0.237. The molecule has 4 aromatic rings. The van der Waals surface area contributed by atoms with Crippen LogP contribution in [0.3, 0.4) is 0 Å². The third-order valence-corrected chi connectivity index (χ3v) is 8.47. The minimum Gasteiger partial charge on any atom is -0.496 e. The van der Waals surface area contributed by atoms with E-state index in [9.17, 15) is 18.0 Å². The van der Waals surface area contributed by atoms with Crippen LogP contribution in [0.25, 0.3) is 0 Å². The van der Waals surface area contributed by atoms with Crippen LogP contribution in [-0.4, -0.2) is 33.9 Å². The maximum atomic E-state index is 13.7. The number of para-hydroxylation sites is 1. The van der Waals surface area contributed by atoms with E-state index < -0.39 is 22.5 Å². The fourth-order valence-electron chi connectivity index (χ4n) is 4.38. The summed E-state index contributed by atoms with van der Waals surface area (Å²) >= 11 is 0. The molecule has 0 fully saturated rings. The van der Waals surface area contributed by atoms with Gasteiger partial charge in [-0.1, -0.05) is 57.2 Å². The molecule has 0 aliphatic carbocycles. The van der Waals surface area contributed by atoms with Crippen LogP contribution in [0, 0.1) is 6.92 Å². The summed E-state index contributed by atoms with van der Waals surface area (Å²) in [7, 11) is -2.58. The van der Waals surface area contributed by atoms with Crippen molar-refractivity contribution in [3.63, 3.8) is 0 Å². The summed E-state index contributed by atoms with van der Waals surface area (Å²) in [6.45, 7) is 7.61. The summed E-state index contributed by atoms with van der Waals surface area (Å²) in [4.78, 5) is 26.1. The largest absolute Gasteiger partial charge is 0.496 e. The minimum absolute atomic E-state index is 0.0233. The Labute approximate surface area is 247 Å². The van der Waals surface area contributed by atoms with Gasteiger partial charge in [0.2, 0.25) is 5.91 Å². The van der Waals surface area contributed by atoms with Gasteiger partial charge in [-0.2, -0.15) is 0 Å². The molecule has 218 valence electrons. The number of nitrogens with one attached hydrogen (secondary N) is 2. The number of carbonyl (C=O) groups excluding carboxylic acids is 2. The lowest BCUT2D eigenvalue weighted by molar-refractivity contribution is -0.114. The molecule has 0 spiro atoms. The standard InChI is InChI=1S/C33H35N3O5S/c1-23-20-29(18-19-30(23)41-5)42(39,40)36(28-12-7-6-8-13-28)22-31(37)34-26-10-9-11-27(21-26)35-32(38)24-14-16-25(17-15-24)33(2,3)4/h6-21H,22H2,1-5H3,(H,34,37)(H,35,38). The number of hydrogen-bond donors (Lipinski definition) is 2. The number of methoxy groups -OCH3 is 1. The Morgan fingerprint density at radius 1 is 0.810 bits per heavy atom. The molecule has 0 atom stereocenters. The van der Waals surface area contributed by atoms with E-state index in [1.54, 1.807) is 79.7 Å². The Morgan fingerprint density at radius 2 is 1.45 bits per heavy atom. The number of nitrogens with zero attached hydrogens (tertiary/aromatic N) is 1. The Balaban J connectivity index is 1.51. The SMILES string of the molecule is COc1ccc(S(=O)(=O)N(CC(=O)Nc2cccc(NC(=O)c3ccc(C(C)(C)C)cc3)c2)c2ccccc2)cc1C. The van der Waals surface area contributed by atoms with Crippen LogP contribution in [0.1, 0.15) is 42.3 Å². The molecule has 9 heteroatoms. The first-order chi connectivity index (χ1) is 19.9. The van der Waals surface area contributed by atoms with Crippen molar-refractivity contribution in [3.8, 4) is 5.75 Å². The highest BCUT2D eigenvalue weighted by molar-refractivity contribution is 7.92. The molecule has 0 aliphatic heterocycles. The van der Waals surface area contributed by atoms with Crippen LogP contribution in [0.4, 0.5) is 17.1 Å². The molecule has 4 rings (SSSR count). The van der Waals surface area contributed by atoms with Crippen molar-refractivity contribution >= 4 is 38.9 Å². The fourth-order valence-corrected chi connectivity index (χ4v) is 5.89. The second-order valence-corrected chi connectivity index (χ2v) is 12.8. The third-order valence-electron chi connectivity index (χ3n) is 6.70. The Hall–Kier alpha value is -4.63. The molecule has 42 heavy (non-hydrogen) atoms. The second-order valence-electron chi connectivity index (χ2n) is 10.9. The smallest absolute Gasteiger partial charge is 0.264 e. The highest BCUT2D eigenvalue weighted by Gasteiger charge is 2.28.